The molecule has 1 aliphatic heterocycles. The maximum Gasteiger partial charge on any atom is 0.336 e. The molecule has 3 rings (SSSR count). The number of esters is 2. The lowest BCUT2D eigenvalue weighted by molar-refractivity contribution is -0.385. The Kier molecular flexibility index (Phi) is 6.24. The zero-order valence-electron chi connectivity index (χ0n) is 17.8. The normalized spacial score (nSPS) is 23.1. The van der Waals surface area contributed by atoms with Crippen LogP contribution in [0.5, 0.6) is 0 Å². The standard InChI is InChI=1S/C22H24N2O7/c1-5-31-22(27)17-12(3)23-14-10-11(2)16(21(26)30-4)20(25)19(14)18(17)13-8-6-7-9-15(13)24(28)29/h6-9,11,16,18,23H,5,10H2,1-4H3/t11-,16-,18+/m0/s1. The minimum atomic E-state index is -1.06. The van der Waals surface area contributed by atoms with Gasteiger partial charge in [-0.1, -0.05) is 25.1 Å². The Hall–Kier alpha value is -3.49. The highest BCUT2D eigenvalue weighted by molar-refractivity contribution is 6.12. The number of nitro groups is 1. The quantitative estimate of drug-likeness (QED) is 0.328. The Morgan fingerprint density at radius 2 is 1.97 bits per heavy atom. The van der Waals surface area contributed by atoms with Gasteiger partial charge in [-0.3, -0.25) is 19.7 Å². The van der Waals surface area contributed by atoms with Crippen molar-refractivity contribution in [1.82, 2.24) is 5.32 Å². The van der Waals surface area contributed by atoms with E-state index in [2.05, 4.69) is 5.32 Å². The molecule has 1 aliphatic carbocycles. The first-order valence-corrected chi connectivity index (χ1v) is 9.96. The molecule has 0 bridgehead atoms. The Bertz CT molecular complexity index is 1020. The van der Waals surface area contributed by atoms with Crippen molar-refractivity contribution in [3.63, 3.8) is 0 Å². The Morgan fingerprint density at radius 3 is 2.58 bits per heavy atom. The highest BCUT2D eigenvalue weighted by atomic mass is 16.6. The molecule has 0 radical (unpaired) electrons. The number of nitro benzene ring substituents is 1. The zero-order valence-corrected chi connectivity index (χ0v) is 17.8. The van der Waals surface area contributed by atoms with Crippen LogP contribution < -0.4 is 5.32 Å². The van der Waals surface area contributed by atoms with Crippen LogP contribution in [0.15, 0.2) is 46.8 Å². The van der Waals surface area contributed by atoms with Crippen LogP contribution in [-0.2, 0) is 23.9 Å². The van der Waals surface area contributed by atoms with Crippen molar-refractivity contribution < 1.29 is 28.8 Å². The third-order valence-electron chi connectivity index (χ3n) is 5.68. The molecule has 1 heterocycles. The van der Waals surface area contributed by atoms with Crippen molar-refractivity contribution in [3.8, 4) is 0 Å². The van der Waals surface area contributed by atoms with Gasteiger partial charge in [0.2, 0.25) is 0 Å². The first-order valence-electron chi connectivity index (χ1n) is 9.96. The maximum absolute atomic E-state index is 13.5. The van der Waals surface area contributed by atoms with Crippen LogP contribution in [-0.4, -0.2) is 36.4 Å². The molecule has 0 fully saturated rings. The summed E-state index contributed by atoms with van der Waals surface area (Å²) in [5.41, 5.74) is 1.24. The van der Waals surface area contributed by atoms with Crippen LogP contribution in [0.3, 0.4) is 0 Å². The smallest absolute Gasteiger partial charge is 0.336 e. The van der Waals surface area contributed by atoms with E-state index in [-0.39, 0.29) is 34.9 Å². The van der Waals surface area contributed by atoms with Gasteiger partial charge >= 0.3 is 11.9 Å². The van der Waals surface area contributed by atoms with E-state index in [4.69, 9.17) is 9.47 Å². The van der Waals surface area contributed by atoms with Crippen molar-refractivity contribution in [2.45, 2.75) is 33.1 Å². The van der Waals surface area contributed by atoms with E-state index in [1.54, 1.807) is 26.8 Å². The number of nitrogens with one attached hydrogen (secondary N) is 1. The minimum Gasteiger partial charge on any atom is -0.468 e. The number of carbonyl (C=O) groups is 3. The van der Waals surface area contributed by atoms with Crippen molar-refractivity contribution in [2.24, 2.45) is 11.8 Å². The summed E-state index contributed by atoms with van der Waals surface area (Å²) in [5, 5.41) is 14.9. The number of ketones is 1. The maximum atomic E-state index is 13.5. The number of hydrogen-bond acceptors (Lipinski definition) is 8. The molecule has 0 unspecified atom stereocenters. The molecule has 0 saturated heterocycles. The van der Waals surface area contributed by atoms with E-state index in [0.29, 0.717) is 17.8 Å². The lowest BCUT2D eigenvalue weighted by Gasteiger charge is -2.38. The first-order chi connectivity index (χ1) is 14.7. The Balaban J connectivity index is 2.27. The van der Waals surface area contributed by atoms with Crippen molar-refractivity contribution >= 4 is 23.4 Å². The molecule has 9 heteroatoms. The number of carbonyl (C=O) groups excluding carboxylic acids is 3. The Morgan fingerprint density at radius 1 is 1.29 bits per heavy atom. The van der Waals surface area contributed by atoms with Gasteiger partial charge in [0.25, 0.3) is 5.69 Å². The van der Waals surface area contributed by atoms with Gasteiger partial charge in [0.15, 0.2) is 5.78 Å². The fourth-order valence-corrected chi connectivity index (χ4v) is 4.37. The summed E-state index contributed by atoms with van der Waals surface area (Å²) >= 11 is 0. The largest absolute Gasteiger partial charge is 0.468 e. The number of nitrogens with zero attached hydrogens (tertiary/aromatic N) is 1. The molecule has 1 N–H and O–H groups in total. The molecule has 0 aromatic heterocycles. The molecule has 1 aromatic rings. The third-order valence-corrected chi connectivity index (χ3v) is 5.68. The molecule has 3 atom stereocenters. The number of rotatable bonds is 5. The average Bonchev–Trinajstić information content (AvgIpc) is 2.72. The molecule has 164 valence electrons. The zero-order chi connectivity index (χ0) is 22.9. The van der Waals surface area contributed by atoms with Gasteiger partial charge in [-0.25, -0.2) is 4.79 Å². The van der Waals surface area contributed by atoms with Crippen LogP contribution >= 0.6 is 0 Å². The summed E-state index contributed by atoms with van der Waals surface area (Å²) in [6, 6.07) is 5.96. The average molecular weight is 428 g/mol. The summed E-state index contributed by atoms with van der Waals surface area (Å²) < 4.78 is 10.0. The molecule has 1 aromatic carbocycles. The van der Waals surface area contributed by atoms with E-state index in [1.165, 1.54) is 25.3 Å². The Labute approximate surface area is 179 Å². The second kappa shape index (κ2) is 8.71. The second-order valence-electron chi connectivity index (χ2n) is 7.57. The molecule has 9 nitrogen and oxygen atoms in total. The first kappa shape index (κ1) is 22.2. The highest BCUT2D eigenvalue weighted by Crippen LogP contribution is 2.47. The molecule has 0 spiro atoms. The second-order valence-corrected chi connectivity index (χ2v) is 7.57. The lowest BCUT2D eigenvalue weighted by atomic mass is 9.69. The van der Waals surface area contributed by atoms with Gasteiger partial charge in [0.05, 0.1) is 30.1 Å². The monoisotopic (exact) mass is 428 g/mol. The number of allylic oxidation sites excluding steroid dienone is 3. The minimum absolute atomic E-state index is 0.0981. The molecular weight excluding hydrogens is 404 g/mol. The number of benzene rings is 1. The van der Waals surface area contributed by atoms with Gasteiger partial charge in [-0.15, -0.1) is 0 Å². The molecule has 0 amide bonds. The molecule has 2 aliphatic rings. The van der Waals surface area contributed by atoms with E-state index in [9.17, 15) is 24.5 Å². The predicted molar refractivity (Wildman–Crippen MR) is 110 cm³/mol. The summed E-state index contributed by atoms with van der Waals surface area (Å²) in [6.45, 7) is 5.18. The number of dihydropyridines is 1. The van der Waals surface area contributed by atoms with Gasteiger partial charge in [0, 0.05) is 28.6 Å². The number of Topliss-reactive ketones (excluding diaryl/α,β-unsaturated/α-hetero) is 1. The van der Waals surface area contributed by atoms with Gasteiger partial charge in [-0.05, 0) is 26.2 Å². The topological polar surface area (TPSA) is 125 Å². The van der Waals surface area contributed by atoms with Crippen molar-refractivity contribution in [1.29, 1.82) is 0 Å². The van der Waals surface area contributed by atoms with Crippen LogP contribution in [0.2, 0.25) is 0 Å². The van der Waals surface area contributed by atoms with E-state index in [0.717, 1.165) is 0 Å². The van der Waals surface area contributed by atoms with E-state index in [1.807, 2.05) is 0 Å². The number of hydrogen-bond donors (Lipinski definition) is 1. The summed E-state index contributed by atoms with van der Waals surface area (Å²) in [7, 11) is 1.21. The van der Waals surface area contributed by atoms with Crippen LogP contribution in [0.1, 0.15) is 38.7 Å². The summed E-state index contributed by atoms with van der Waals surface area (Å²) in [4.78, 5) is 50.0. The van der Waals surface area contributed by atoms with E-state index < -0.39 is 34.5 Å². The summed E-state index contributed by atoms with van der Waals surface area (Å²) in [5.74, 6) is -4.29. The van der Waals surface area contributed by atoms with Crippen LogP contribution in [0, 0.1) is 22.0 Å². The van der Waals surface area contributed by atoms with Crippen molar-refractivity contribution in [3.05, 3.63) is 62.5 Å². The third kappa shape index (κ3) is 3.83. The fraction of sp³-hybridized carbons (Fsp3) is 0.409. The van der Waals surface area contributed by atoms with Gasteiger partial charge in [0.1, 0.15) is 5.92 Å². The van der Waals surface area contributed by atoms with E-state index >= 15 is 0 Å². The lowest BCUT2D eigenvalue weighted by Crippen LogP contribution is -2.43. The van der Waals surface area contributed by atoms with Gasteiger partial charge in [-0.2, -0.15) is 0 Å². The highest BCUT2D eigenvalue weighted by Gasteiger charge is 2.48. The number of methoxy groups -OCH3 is 1. The SMILES string of the molecule is CCOC(=O)C1=C(C)NC2=C(C(=O)[C@@H](C(=O)OC)[C@@H](C)C2)[C@@H]1c1ccccc1[N+](=O)[O-]. The summed E-state index contributed by atoms with van der Waals surface area (Å²) in [6.07, 6.45) is 0.353. The number of para-hydroxylation sites is 1. The molecule has 31 heavy (non-hydrogen) atoms. The van der Waals surface area contributed by atoms with Gasteiger partial charge < -0.3 is 14.8 Å². The predicted octanol–water partition coefficient (Wildman–Crippen LogP) is 2.77. The van der Waals surface area contributed by atoms with Crippen LogP contribution in [0.25, 0.3) is 0 Å². The molecule has 0 saturated carbocycles. The molecular formula is C22H24N2O7. The van der Waals surface area contributed by atoms with Crippen LogP contribution in [0.4, 0.5) is 5.69 Å². The van der Waals surface area contributed by atoms with Crippen molar-refractivity contribution in [2.75, 3.05) is 13.7 Å². The number of ether oxygens (including phenoxy) is 2. The fourth-order valence-electron chi connectivity index (χ4n) is 4.37.